The van der Waals surface area contributed by atoms with E-state index in [0.717, 1.165) is 6.42 Å². The Balaban J connectivity index is 3.19. The fourth-order valence-electron chi connectivity index (χ4n) is 1.30. The maximum atomic E-state index is 3.56. The van der Waals surface area contributed by atoms with Crippen LogP contribution in [-0.4, -0.2) is 0 Å². The number of benzene rings is 1. The fraction of sp³-hybridized carbons (Fsp3) is 0.333. The molecule has 0 aliphatic heterocycles. The predicted molar refractivity (Wildman–Crippen MR) is 63.1 cm³/mol. The summed E-state index contributed by atoms with van der Waals surface area (Å²) >= 11 is 3.56. The second kappa shape index (κ2) is 4.61. The Morgan fingerprint density at radius 3 is 2.69 bits per heavy atom. The van der Waals surface area contributed by atoms with Crippen LogP contribution in [0.3, 0.4) is 0 Å². The molecule has 0 spiro atoms. The standard InChI is InChI=1S/C12H15Br/c1-4-10-7-6-9(3)11(8-10)12(13)5-2/h5-8H,4H2,1-3H3/b12-5+. The third kappa shape index (κ3) is 2.44. The Hall–Kier alpha value is -0.560. The molecule has 0 unspecified atom stereocenters. The van der Waals surface area contributed by atoms with Gasteiger partial charge in [-0.1, -0.05) is 47.1 Å². The van der Waals surface area contributed by atoms with E-state index in [9.17, 15) is 0 Å². The van der Waals surface area contributed by atoms with E-state index in [2.05, 4.69) is 54.1 Å². The van der Waals surface area contributed by atoms with Crippen LogP contribution in [0.25, 0.3) is 4.48 Å². The zero-order chi connectivity index (χ0) is 9.84. The first-order valence-corrected chi connectivity index (χ1v) is 5.40. The highest BCUT2D eigenvalue weighted by atomic mass is 79.9. The molecule has 0 heterocycles. The smallest absolute Gasteiger partial charge is 0.0207 e. The van der Waals surface area contributed by atoms with E-state index in [-0.39, 0.29) is 0 Å². The van der Waals surface area contributed by atoms with Gasteiger partial charge in [0.25, 0.3) is 0 Å². The van der Waals surface area contributed by atoms with Crippen LogP contribution >= 0.6 is 15.9 Å². The van der Waals surface area contributed by atoms with Gasteiger partial charge in [-0.25, -0.2) is 0 Å². The second-order valence-electron chi connectivity index (χ2n) is 3.14. The van der Waals surface area contributed by atoms with Gasteiger partial charge in [-0.15, -0.1) is 0 Å². The third-order valence-electron chi connectivity index (χ3n) is 2.22. The minimum atomic E-state index is 1.09. The molecule has 0 saturated carbocycles. The van der Waals surface area contributed by atoms with Crippen molar-refractivity contribution in [1.29, 1.82) is 0 Å². The summed E-state index contributed by atoms with van der Waals surface area (Å²) < 4.78 is 1.18. The Morgan fingerprint density at radius 2 is 2.15 bits per heavy atom. The van der Waals surface area contributed by atoms with E-state index in [1.54, 1.807) is 0 Å². The van der Waals surface area contributed by atoms with Gasteiger partial charge < -0.3 is 0 Å². The van der Waals surface area contributed by atoms with Crippen LogP contribution < -0.4 is 0 Å². The van der Waals surface area contributed by atoms with Crippen molar-refractivity contribution in [1.82, 2.24) is 0 Å². The molecule has 0 bridgehead atoms. The van der Waals surface area contributed by atoms with Gasteiger partial charge in [0.2, 0.25) is 0 Å². The zero-order valence-electron chi connectivity index (χ0n) is 8.39. The van der Waals surface area contributed by atoms with Crippen LogP contribution in [0.15, 0.2) is 24.3 Å². The summed E-state index contributed by atoms with van der Waals surface area (Å²) in [6.07, 6.45) is 3.18. The van der Waals surface area contributed by atoms with Crippen LogP contribution in [-0.2, 0) is 6.42 Å². The zero-order valence-corrected chi connectivity index (χ0v) is 9.98. The number of allylic oxidation sites excluding steroid dienone is 1. The van der Waals surface area contributed by atoms with Crippen molar-refractivity contribution in [2.24, 2.45) is 0 Å². The number of aryl methyl sites for hydroxylation is 2. The van der Waals surface area contributed by atoms with Crippen LogP contribution in [0.2, 0.25) is 0 Å². The lowest BCUT2D eigenvalue weighted by Gasteiger charge is -2.06. The highest BCUT2D eigenvalue weighted by Crippen LogP contribution is 2.25. The minimum absolute atomic E-state index is 1.09. The predicted octanol–water partition coefficient (Wildman–Crippen LogP) is 4.31. The van der Waals surface area contributed by atoms with Crippen molar-refractivity contribution in [3.05, 3.63) is 41.0 Å². The van der Waals surface area contributed by atoms with E-state index in [1.807, 2.05) is 6.92 Å². The highest BCUT2D eigenvalue weighted by molar-refractivity contribution is 9.15. The summed E-state index contributed by atoms with van der Waals surface area (Å²) in [6, 6.07) is 6.62. The van der Waals surface area contributed by atoms with E-state index >= 15 is 0 Å². The first-order valence-electron chi connectivity index (χ1n) is 4.60. The Morgan fingerprint density at radius 1 is 1.46 bits per heavy atom. The minimum Gasteiger partial charge on any atom is -0.0728 e. The van der Waals surface area contributed by atoms with Crippen LogP contribution in [0.4, 0.5) is 0 Å². The van der Waals surface area contributed by atoms with E-state index < -0.39 is 0 Å². The SMILES string of the molecule is C/C=C(/Br)c1cc(CC)ccc1C. The van der Waals surface area contributed by atoms with Crippen molar-refractivity contribution in [2.75, 3.05) is 0 Å². The Bertz CT molecular complexity index is 324. The van der Waals surface area contributed by atoms with Crippen LogP contribution in [0.1, 0.15) is 30.5 Å². The molecule has 1 aromatic carbocycles. The first kappa shape index (κ1) is 10.5. The summed E-state index contributed by atoms with van der Waals surface area (Å²) in [5, 5.41) is 0. The molecule has 0 aliphatic carbocycles. The molecule has 0 saturated heterocycles. The Labute approximate surface area is 88.8 Å². The van der Waals surface area contributed by atoms with Crippen molar-refractivity contribution in [3.63, 3.8) is 0 Å². The molecule has 0 nitrogen and oxygen atoms in total. The normalized spacial score (nSPS) is 11.8. The first-order chi connectivity index (χ1) is 6.19. The van der Waals surface area contributed by atoms with Crippen molar-refractivity contribution in [2.45, 2.75) is 27.2 Å². The quantitative estimate of drug-likeness (QED) is 0.721. The molecule has 0 atom stereocenters. The van der Waals surface area contributed by atoms with Gasteiger partial charge in [-0.05, 0) is 37.0 Å². The van der Waals surface area contributed by atoms with E-state index in [4.69, 9.17) is 0 Å². The van der Waals surface area contributed by atoms with Crippen molar-refractivity contribution >= 4 is 20.4 Å². The molecule has 0 radical (unpaired) electrons. The van der Waals surface area contributed by atoms with Crippen LogP contribution in [0, 0.1) is 6.92 Å². The maximum Gasteiger partial charge on any atom is 0.0207 e. The van der Waals surface area contributed by atoms with Gasteiger partial charge in [-0.2, -0.15) is 0 Å². The van der Waals surface area contributed by atoms with Crippen LogP contribution in [0.5, 0.6) is 0 Å². The number of hydrogen-bond donors (Lipinski definition) is 0. The molecule has 0 fully saturated rings. The molecule has 1 rings (SSSR count). The molecule has 0 aromatic heterocycles. The third-order valence-corrected chi connectivity index (χ3v) is 3.11. The number of hydrogen-bond acceptors (Lipinski definition) is 0. The monoisotopic (exact) mass is 238 g/mol. The topological polar surface area (TPSA) is 0 Å². The van der Waals surface area contributed by atoms with Crippen molar-refractivity contribution in [3.8, 4) is 0 Å². The van der Waals surface area contributed by atoms with Gasteiger partial charge in [0.1, 0.15) is 0 Å². The summed E-state index contributed by atoms with van der Waals surface area (Å²) in [4.78, 5) is 0. The molecule has 0 N–H and O–H groups in total. The molecular formula is C12H15Br. The number of rotatable bonds is 2. The van der Waals surface area contributed by atoms with Gasteiger partial charge in [0.05, 0.1) is 0 Å². The molecular weight excluding hydrogens is 224 g/mol. The van der Waals surface area contributed by atoms with E-state index in [0.29, 0.717) is 0 Å². The summed E-state index contributed by atoms with van der Waals surface area (Å²) in [7, 11) is 0. The molecule has 0 aliphatic rings. The van der Waals surface area contributed by atoms with E-state index in [1.165, 1.54) is 21.2 Å². The molecule has 0 amide bonds. The lowest BCUT2D eigenvalue weighted by Crippen LogP contribution is -1.87. The summed E-state index contributed by atoms with van der Waals surface area (Å²) in [5.74, 6) is 0. The lowest BCUT2D eigenvalue weighted by atomic mass is 10.0. The average Bonchev–Trinajstić information content (AvgIpc) is 2.17. The molecule has 13 heavy (non-hydrogen) atoms. The largest absolute Gasteiger partial charge is 0.0728 e. The highest BCUT2D eigenvalue weighted by Gasteiger charge is 2.01. The van der Waals surface area contributed by atoms with Gasteiger partial charge in [0.15, 0.2) is 0 Å². The van der Waals surface area contributed by atoms with Gasteiger partial charge >= 0.3 is 0 Å². The lowest BCUT2D eigenvalue weighted by molar-refractivity contribution is 1.13. The van der Waals surface area contributed by atoms with Gasteiger partial charge in [0, 0.05) is 4.48 Å². The second-order valence-corrected chi connectivity index (χ2v) is 3.99. The summed E-state index contributed by atoms with van der Waals surface area (Å²) in [5.41, 5.74) is 4.02. The number of halogens is 1. The maximum absolute atomic E-state index is 3.56. The summed E-state index contributed by atoms with van der Waals surface area (Å²) in [6.45, 7) is 6.36. The Kier molecular flexibility index (Phi) is 3.73. The van der Waals surface area contributed by atoms with Gasteiger partial charge in [-0.3, -0.25) is 0 Å². The van der Waals surface area contributed by atoms with Crippen molar-refractivity contribution < 1.29 is 0 Å². The average molecular weight is 239 g/mol. The molecule has 1 heteroatoms. The molecule has 70 valence electrons. The fourth-order valence-corrected chi connectivity index (χ4v) is 1.73. The molecule has 1 aromatic rings.